The Morgan fingerprint density at radius 2 is 1.78 bits per heavy atom. The van der Waals surface area contributed by atoms with Gasteiger partial charge in [-0.3, -0.25) is 15.0 Å². The van der Waals surface area contributed by atoms with Gasteiger partial charge in [-0.25, -0.2) is 4.79 Å². The Kier molecular flexibility index (Phi) is 5.84. The first-order valence-corrected chi connectivity index (χ1v) is 6.22. The van der Waals surface area contributed by atoms with Gasteiger partial charge in [-0.2, -0.15) is 0 Å². The third kappa shape index (κ3) is 5.20. The number of nitrogens with one attached hydrogen (secondary N) is 2. The van der Waals surface area contributed by atoms with Crippen LogP contribution in [0.5, 0.6) is 0 Å². The highest BCUT2D eigenvalue weighted by atomic mass is 35.5. The van der Waals surface area contributed by atoms with E-state index in [1.165, 1.54) is 0 Å². The van der Waals surface area contributed by atoms with E-state index in [4.69, 9.17) is 5.73 Å². The molecule has 0 aromatic carbocycles. The second-order valence-electron chi connectivity index (χ2n) is 4.91. The second-order valence-corrected chi connectivity index (χ2v) is 4.91. The summed E-state index contributed by atoms with van der Waals surface area (Å²) in [5.41, 5.74) is 5.78. The summed E-state index contributed by atoms with van der Waals surface area (Å²) < 4.78 is 0. The molecule has 0 unspecified atom stereocenters. The van der Waals surface area contributed by atoms with Crippen molar-refractivity contribution in [3.8, 4) is 0 Å². The molecule has 1 saturated carbocycles. The van der Waals surface area contributed by atoms with Crippen LogP contribution < -0.4 is 16.4 Å². The maximum atomic E-state index is 11.6. The summed E-state index contributed by atoms with van der Waals surface area (Å²) in [5, 5.41) is 5.07. The molecule has 0 spiro atoms. The molecule has 6 nitrogen and oxygen atoms in total. The molecule has 2 rings (SSSR count). The fourth-order valence-corrected chi connectivity index (χ4v) is 1.93. The fourth-order valence-electron chi connectivity index (χ4n) is 1.93. The van der Waals surface area contributed by atoms with E-state index in [9.17, 15) is 9.59 Å². The number of likely N-dealkylation sites (tertiary alicyclic amines) is 1. The number of imide groups is 1. The summed E-state index contributed by atoms with van der Waals surface area (Å²) in [4.78, 5) is 24.9. The largest absolute Gasteiger partial charge is 0.335 e. The van der Waals surface area contributed by atoms with Crippen molar-refractivity contribution >= 4 is 24.3 Å². The molecule has 0 aromatic heterocycles. The van der Waals surface area contributed by atoms with Gasteiger partial charge in [0, 0.05) is 25.2 Å². The van der Waals surface area contributed by atoms with E-state index in [2.05, 4.69) is 10.6 Å². The third-order valence-electron chi connectivity index (χ3n) is 3.16. The fraction of sp³-hybridized carbons (Fsp3) is 0.818. The lowest BCUT2D eigenvalue weighted by Crippen LogP contribution is -2.48. The number of rotatable bonds is 3. The Hall–Kier alpha value is -0.850. The van der Waals surface area contributed by atoms with Crippen molar-refractivity contribution in [1.29, 1.82) is 0 Å². The van der Waals surface area contributed by atoms with Gasteiger partial charge in [0.05, 0.1) is 6.54 Å². The number of hydrogen-bond acceptors (Lipinski definition) is 4. The summed E-state index contributed by atoms with van der Waals surface area (Å²) in [6.07, 6.45) is 3.88. The first kappa shape index (κ1) is 15.2. The summed E-state index contributed by atoms with van der Waals surface area (Å²) >= 11 is 0. The third-order valence-corrected chi connectivity index (χ3v) is 3.16. The van der Waals surface area contributed by atoms with Crippen molar-refractivity contribution in [1.82, 2.24) is 15.5 Å². The van der Waals surface area contributed by atoms with Crippen LogP contribution in [0.25, 0.3) is 0 Å². The Morgan fingerprint density at radius 1 is 1.17 bits per heavy atom. The summed E-state index contributed by atoms with van der Waals surface area (Å²) in [6, 6.07) is 0.162. The Balaban J connectivity index is 0.00000162. The maximum Gasteiger partial charge on any atom is 0.321 e. The molecule has 2 fully saturated rings. The highest BCUT2D eigenvalue weighted by Gasteiger charge is 2.24. The van der Waals surface area contributed by atoms with Crippen molar-refractivity contribution in [2.45, 2.75) is 37.8 Å². The quantitative estimate of drug-likeness (QED) is 0.667. The predicted molar refractivity (Wildman–Crippen MR) is 70.6 cm³/mol. The van der Waals surface area contributed by atoms with Gasteiger partial charge < -0.3 is 11.1 Å². The van der Waals surface area contributed by atoms with Gasteiger partial charge in [0.15, 0.2) is 0 Å². The van der Waals surface area contributed by atoms with Crippen LogP contribution in [-0.4, -0.2) is 48.6 Å². The average molecular weight is 277 g/mol. The van der Waals surface area contributed by atoms with E-state index in [1.807, 2.05) is 4.90 Å². The molecule has 0 bridgehead atoms. The monoisotopic (exact) mass is 276 g/mol. The number of nitrogens with zero attached hydrogens (tertiary/aromatic N) is 1. The lowest BCUT2D eigenvalue weighted by molar-refractivity contribution is -0.121. The number of nitrogens with two attached hydrogens (primary N) is 1. The molecule has 0 atom stereocenters. The molecule has 1 aliphatic heterocycles. The first-order valence-electron chi connectivity index (χ1n) is 6.22. The van der Waals surface area contributed by atoms with Gasteiger partial charge >= 0.3 is 6.03 Å². The molecular formula is C11H21ClN4O2. The normalized spacial score (nSPS) is 20.9. The maximum absolute atomic E-state index is 11.6. The summed E-state index contributed by atoms with van der Waals surface area (Å²) in [7, 11) is 0. The molecule has 4 N–H and O–H groups in total. The van der Waals surface area contributed by atoms with Crippen LogP contribution in [0.15, 0.2) is 0 Å². The number of urea groups is 1. The van der Waals surface area contributed by atoms with E-state index in [0.717, 1.165) is 38.8 Å². The van der Waals surface area contributed by atoms with E-state index in [1.54, 1.807) is 0 Å². The molecular weight excluding hydrogens is 256 g/mol. The predicted octanol–water partition coefficient (Wildman–Crippen LogP) is -0.181. The molecule has 1 aliphatic carbocycles. The molecule has 7 heteroatoms. The van der Waals surface area contributed by atoms with Gasteiger partial charge in [-0.15, -0.1) is 12.4 Å². The van der Waals surface area contributed by atoms with Gasteiger partial charge in [-0.05, 0) is 25.7 Å². The number of halogens is 1. The second kappa shape index (κ2) is 6.92. The van der Waals surface area contributed by atoms with Crippen LogP contribution >= 0.6 is 12.4 Å². The SMILES string of the molecule is Cl.NC1CCN(CC(=O)NC(=O)NC2CC2)CC1. The lowest BCUT2D eigenvalue weighted by Gasteiger charge is -2.29. The van der Waals surface area contributed by atoms with E-state index in [0.29, 0.717) is 0 Å². The van der Waals surface area contributed by atoms with Crippen molar-refractivity contribution in [2.75, 3.05) is 19.6 Å². The number of hydrogen-bond donors (Lipinski definition) is 3. The molecule has 0 radical (unpaired) electrons. The zero-order valence-electron chi connectivity index (χ0n) is 10.4. The zero-order valence-corrected chi connectivity index (χ0v) is 11.2. The minimum absolute atomic E-state index is 0. The Bertz CT molecular complexity index is 301. The molecule has 104 valence electrons. The number of piperidine rings is 1. The lowest BCUT2D eigenvalue weighted by atomic mass is 10.1. The van der Waals surface area contributed by atoms with Gasteiger partial charge in [0.2, 0.25) is 5.91 Å². The standard InChI is InChI=1S/C11H20N4O2.ClH/c12-8-3-5-15(6-4-8)7-10(16)14-11(17)13-9-1-2-9;/h8-9H,1-7,12H2,(H2,13,14,16,17);1H. The van der Waals surface area contributed by atoms with Crippen molar-refractivity contribution in [3.05, 3.63) is 0 Å². The van der Waals surface area contributed by atoms with Gasteiger partial charge in [-0.1, -0.05) is 0 Å². The van der Waals surface area contributed by atoms with Gasteiger partial charge in [0.25, 0.3) is 0 Å². The first-order chi connectivity index (χ1) is 8.13. The summed E-state index contributed by atoms with van der Waals surface area (Å²) in [5.74, 6) is -0.237. The van der Waals surface area contributed by atoms with Crippen LogP contribution in [0.4, 0.5) is 4.79 Å². The highest BCUT2D eigenvalue weighted by molar-refractivity contribution is 5.95. The molecule has 1 heterocycles. The molecule has 18 heavy (non-hydrogen) atoms. The van der Waals surface area contributed by atoms with Crippen LogP contribution in [0, 0.1) is 0 Å². The zero-order chi connectivity index (χ0) is 12.3. The average Bonchev–Trinajstić information content (AvgIpc) is 3.05. The molecule has 1 saturated heterocycles. The Morgan fingerprint density at radius 3 is 2.33 bits per heavy atom. The van der Waals surface area contributed by atoms with Crippen molar-refractivity contribution < 1.29 is 9.59 Å². The topological polar surface area (TPSA) is 87.5 Å². The smallest absolute Gasteiger partial charge is 0.321 e. The Labute approximate surface area is 113 Å². The van der Waals surface area contributed by atoms with E-state index in [-0.39, 0.29) is 43.0 Å². The van der Waals surface area contributed by atoms with E-state index < -0.39 is 0 Å². The van der Waals surface area contributed by atoms with E-state index >= 15 is 0 Å². The molecule has 2 aliphatic rings. The van der Waals surface area contributed by atoms with Crippen molar-refractivity contribution in [2.24, 2.45) is 5.73 Å². The van der Waals surface area contributed by atoms with Gasteiger partial charge in [0.1, 0.15) is 0 Å². The van der Waals surface area contributed by atoms with Crippen molar-refractivity contribution in [3.63, 3.8) is 0 Å². The van der Waals surface area contributed by atoms with Crippen LogP contribution in [0.1, 0.15) is 25.7 Å². The molecule has 3 amide bonds. The minimum Gasteiger partial charge on any atom is -0.335 e. The highest BCUT2D eigenvalue weighted by Crippen LogP contribution is 2.18. The number of carbonyl (C=O) groups is 2. The summed E-state index contributed by atoms with van der Waals surface area (Å²) in [6.45, 7) is 1.95. The van der Waals surface area contributed by atoms with Crippen LogP contribution in [0.3, 0.4) is 0 Å². The number of carbonyl (C=O) groups excluding carboxylic acids is 2. The number of amides is 3. The molecule has 0 aromatic rings. The van der Waals surface area contributed by atoms with Crippen LogP contribution in [-0.2, 0) is 4.79 Å². The van der Waals surface area contributed by atoms with Crippen LogP contribution in [0.2, 0.25) is 0 Å². The minimum atomic E-state index is -0.369.